The molecule has 0 rings (SSSR count). The molecule has 4 atom stereocenters. The molecule has 5 amide bonds. The Balaban J connectivity index is 5.59. The lowest BCUT2D eigenvalue weighted by atomic mass is 10.0. The quantitative estimate of drug-likeness (QED) is 0.136. The molecule has 0 heterocycles. The topological polar surface area (TPSA) is 237 Å². The van der Waals surface area contributed by atoms with E-state index in [0.717, 1.165) is 0 Å². The molecule has 10 N–H and O–H groups in total. The van der Waals surface area contributed by atoms with Crippen molar-refractivity contribution in [1.29, 1.82) is 0 Å². The first-order valence-corrected chi connectivity index (χ1v) is 10.6. The van der Waals surface area contributed by atoms with E-state index in [1.807, 2.05) is 0 Å². The maximum Gasteiger partial charge on any atom is 0.326 e. The van der Waals surface area contributed by atoms with Gasteiger partial charge in [-0.3, -0.25) is 24.0 Å². The molecule has 0 saturated heterocycles. The molecule has 0 saturated carbocycles. The summed E-state index contributed by atoms with van der Waals surface area (Å²) in [4.78, 5) is 71.5. The highest BCUT2D eigenvalue weighted by Crippen LogP contribution is 2.08. The maximum atomic E-state index is 12.9. The third-order valence-corrected chi connectivity index (χ3v) is 4.69. The number of nitrogens with one attached hydrogen (secondary N) is 3. The smallest absolute Gasteiger partial charge is 0.326 e. The number of carboxylic acids is 1. The van der Waals surface area contributed by atoms with Gasteiger partial charge in [-0.2, -0.15) is 0 Å². The molecule has 4 unspecified atom stereocenters. The zero-order chi connectivity index (χ0) is 25.9. The van der Waals surface area contributed by atoms with Crippen molar-refractivity contribution in [3.8, 4) is 0 Å². The number of hydrogen-bond acceptors (Lipinski definition) is 7. The lowest BCUT2D eigenvalue weighted by Gasteiger charge is -2.26. The molecule has 33 heavy (non-hydrogen) atoms. The van der Waals surface area contributed by atoms with Crippen LogP contribution in [0.5, 0.6) is 0 Å². The van der Waals surface area contributed by atoms with Gasteiger partial charge in [-0.05, 0) is 24.7 Å². The Bertz CT molecular complexity index is 740. The molecular weight excluding hydrogens is 436 g/mol. The fourth-order valence-electron chi connectivity index (χ4n) is 2.77. The molecule has 0 aromatic carbocycles. The monoisotopic (exact) mass is 472 g/mol. The fourth-order valence-corrected chi connectivity index (χ4v) is 2.77. The van der Waals surface area contributed by atoms with Gasteiger partial charge >= 0.3 is 5.97 Å². The Morgan fingerprint density at radius 2 is 1.24 bits per heavy atom. The van der Waals surface area contributed by atoms with Gasteiger partial charge in [-0.1, -0.05) is 27.7 Å². The van der Waals surface area contributed by atoms with Crippen molar-refractivity contribution < 1.29 is 33.9 Å². The first-order chi connectivity index (χ1) is 15.1. The number of hydrogen-bond donors (Lipinski definition) is 7. The van der Waals surface area contributed by atoms with E-state index in [1.165, 1.54) is 0 Å². The molecule has 13 nitrogen and oxygen atoms in total. The van der Waals surface area contributed by atoms with Gasteiger partial charge in [0.15, 0.2) is 0 Å². The van der Waals surface area contributed by atoms with E-state index < -0.39 is 66.1 Å². The number of nitrogens with two attached hydrogens (primary N) is 3. The predicted molar refractivity (Wildman–Crippen MR) is 118 cm³/mol. The van der Waals surface area contributed by atoms with Crippen molar-refractivity contribution in [2.75, 3.05) is 0 Å². The second-order valence-corrected chi connectivity index (χ2v) is 8.60. The fraction of sp³-hybridized carbons (Fsp3) is 0.700. The molecule has 0 aliphatic carbocycles. The third kappa shape index (κ3) is 11.8. The summed E-state index contributed by atoms with van der Waals surface area (Å²) < 4.78 is 0. The summed E-state index contributed by atoms with van der Waals surface area (Å²) in [7, 11) is 0. The molecule has 0 aliphatic rings. The van der Waals surface area contributed by atoms with Crippen LogP contribution in [0, 0.1) is 11.8 Å². The third-order valence-electron chi connectivity index (χ3n) is 4.69. The van der Waals surface area contributed by atoms with Crippen LogP contribution in [0.1, 0.15) is 53.4 Å². The van der Waals surface area contributed by atoms with Crippen LogP contribution >= 0.6 is 0 Å². The second-order valence-electron chi connectivity index (χ2n) is 8.60. The van der Waals surface area contributed by atoms with Crippen molar-refractivity contribution in [1.82, 2.24) is 16.0 Å². The minimum Gasteiger partial charge on any atom is -0.480 e. The lowest BCUT2D eigenvalue weighted by Crippen LogP contribution is -2.58. The van der Waals surface area contributed by atoms with Gasteiger partial charge in [0.05, 0.1) is 12.5 Å². The van der Waals surface area contributed by atoms with Gasteiger partial charge in [0, 0.05) is 6.42 Å². The Hall–Kier alpha value is -3.22. The van der Waals surface area contributed by atoms with Crippen LogP contribution < -0.4 is 33.2 Å². The van der Waals surface area contributed by atoms with Gasteiger partial charge in [-0.25, -0.2) is 4.79 Å². The van der Waals surface area contributed by atoms with E-state index in [4.69, 9.17) is 17.2 Å². The van der Waals surface area contributed by atoms with E-state index in [0.29, 0.717) is 0 Å². The summed E-state index contributed by atoms with van der Waals surface area (Å²) in [5.41, 5.74) is 16.0. The van der Waals surface area contributed by atoms with E-state index in [9.17, 15) is 33.9 Å². The highest BCUT2D eigenvalue weighted by atomic mass is 16.4. The molecule has 188 valence electrons. The molecular formula is C20H36N6O7. The van der Waals surface area contributed by atoms with Gasteiger partial charge in [0.1, 0.15) is 18.1 Å². The van der Waals surface area contributed by atoms with Crippen LogP contribution in [0.15, 0.2) is 0 Å². The summed E-state index contributed by atoms with van der Waals surface area (Å²) in [6, 6.07) is -4.87. The van der Waals surface area contributed by atoms with Crippen LogP contribution in [0.4, 0.5) is 0 Å². The largest absolute Gasteiger partial charge is 0.480 e. The zero-order valence-electron chi connectivity index (χ0n) is 19.4. The van der Waals surface area contributed by atoms with Crippen LogP contribution in [0.25, 0.3) is 0 Å². The first-order valence-electron chi connectivity index (χ1n) is 10.6. The molecule has 0 bridgehead atoms. The number of aliphatic carboxylic acids is 1. The number of carbonyl (C=O) groups excluding carboxylic acids is 5. The maximum absolute atomic E-state index is 12.9. The minimum absolute atomic E-state index is 0.0894. The van der Waals surface area contributed by atoms with E-state index in [-0.39, 0.29) is 31.1 Å². The van der Waals surface area contributed by atoms with Gasteiger partial charge < -0.3 is 38.3 Å². The average Bonchev–Trinajstić information content (AvgIpc) is 2.67. The van der Waals surface area contributed by atoms with Gasteiger partial charge in [0.25, 0.3) is 0 Å². The van der Waals surface area contributed by atoms with Crippen molar-refractivity contribution >= 4 is 35.5 Å². The lowest BCUT2D eigenvalue weighted by molar-refractivity contribution is -0.144. The Morgan fingerprint density at radius 3 is 1.67 bits per heavy atom. The Kier molecular flexibility index (Phi) is 12.7. The Morgan fingerprint density at radius 1 is 0.758 bits per heavy atom. The standard InChI is InChI=1S/C20H36N6O7/c1-9(2)7-12(18(30)26-13(20(32)33)8-15(22)28)25-17(29)11(5-6-14(21)27)24-19(31)16(23)10(3)4/h9-13,16H,5-8,23H2,1-4H3,(H2,21,27)(H2,22,28)(H,24,31)(H,25,29)(H,26,30)(H,32,33). The summed E-state index contributed by atoms with van der Waals surface area (Å²) in [6.07, 6.45) is -0.848. The van der Waals surface area contributed by atoms with Crippen molar-refractivity contribution in [3.05, 3.63) is 0 Å². The number of carbonyl (C=O) groups is 6. The van der Waals surface area contributed by atoms with Gasteiger partial charge in [-0.15, -0.1) is 0 Å². The average molecular weight is 473 g/mol. The molecule has 0 aliphatic heterocycles. The summed E-state index contributed by atoms with van der Waals surface area (Å²) in [5.74, 6) is -5.63. The summed E-state index contributed by atoms with van der Waals surface area (Å²) in [5, 5.41) is 16.3. The van der Waals surface area contributed by atoms with Crippen molar-refractivity contribution in [2.45, 2.75) is 77.5 Å². The van der Waals surface area contributed by atoms with Crippen molar-refractivity contribution in [2.24, 2.45) is 29.0 Å². The molecule has 0 fully saturated rings. The number of rotatable bonds is 15. The van der Waals surface area contributed by atoms with E-state index >= 15 is 0 Å². The predicted octanol–water partition coefficient (Wildman–Crippen LogP) is -2.30. The number of carboxylic acid groups (broad SMARTS) is 1. The number of primary amides is 2. The molecule has 0 spiro atoms. The molecule has 0 radical (unpaired) electrons. The highest BCUT2D eigenvalue weighted by molar-refractivity contribution is 5.95. The van der Waals surface area contributed by atoms with Crippen molar-refractivity contribution in [3.63, 3.8) is 0 Å². The molecule has 0 aromatic heterocycles. The van der Waals surface area contributed by atoms with Crippen LogP contribution in [0.3, 0.4) is 0 Å². The summed E-state index contributed by atoms with van der Waals surface area (Å²) >= 11 is 0. The molecule has 0 aromatic rings. The SMILES string of the molecule is CC(C)CC(NC(=O)C(CCC(N)=O)NC(=O)C(N)C(C)C)C(=O)NC(CC(N)=O)C(=O)O. The van der Waals surface area contributed by atoms with Crippen LogP contribution in [-0.2, 0) is 28.8 Å². The zero-order valence-corrected chi connectivity index (χ0v) is 19.4. The van der Waals surface area contributed by atoms with E-state index in [1.54, 1.807) is 27.7 Å². The Labute approximate surface area is 192 Å². The minimum atomic E-state index is -1.57. The normalized spacial score (nSPS) is 14.6. The van der Waals surface area contributed by atoms with Crippen LogP contribution in [-0.4, -0.2) is 64.8 Å². The van der Waals surface area contributed by atoms with Crippen LogP contribution in [0.2, 0.25) is 0 Å². The first kappa shape index (κ1) is 29.8. The second kappa shape index (κ2) is 14.0. The van der Waals surface area contributed by atoms with E-state index in [2.05, 4.69) is 16.0 Å². The highest BCUT2D eigenvalue weighted by Gasteiger charge is 2.31. The number of amides is 5. The molecule has 13 heteroatoms. The van der Waals surface area contributed by atoms with Gasteiger partial charge in [0.2, 0.25) is 29.5 Å². The summed E-state index contributed by atoms with van der Waals surface area (Å²) in [6.45, 7) is 6.99.